The lowest BCUT2D eigenvalue weighted by Crippen LogP contribution is -2.28. The number of aromatic nitrogens is 2. The minimum atomic E-state index is -0.253. The van der Waals surface area contributed by atoms with Gasteiger partial charge in [-0.1, -0.05) is 11.3 Å². The minimum Gasteiger partial charge on any atom is -0.393 e. The largest absolute Gasteiger partial charge is 0.393 e. The van der Waals surface area contributed by atoms with Gasteiger partial charge in [0, 0.05) is 34.6 Å². The van der Waals surface area contributed by atoms with Gasteiger partial charge in [0.2, 0.25) is 0 Å². The quantitative estimate of drug-likeness (QED) is 0.497. The molecule has 5 rings (SSSR count). The summed E-state index contributed by atoms with van der Waals surface area (Å²) >= 11 is 1.63. The lowest BCUT2D eigenvalue weighted by molar-refractivity contribution is 0.126. The van der Waals surface area contributed by atoms with Crippen molar-refractivity contribution in [3.63, 3.8) is 0 Å². The minimum absolute atomic E-state index is 0.168. The number of thiazole rings is 1. The number of nitrogens with zero attached hydrogens (tertiary/aromatic N) is 2. The first kappa shape index (κ1) is 15.9. The predicted octanol–water partition coefficient (Wildman–Crippen LogP) is 4.85. The van der Waals surface area contributed by atoms with E-state index in [9.17, 15) is 9.50 Å². The molecule has 1 aliphatic carbocycles. The van der Waals surface area contributed by atoms with Crippen LogP contribution < -0.4 is 5.32 Å². The fourth-order valence-electron chi connectivity index (χ4n) is 3.89. The number of halogens is 1. The maximum absolute atomic E-state index is 13.8. The Labute approximate surface area is 153 Å². The summed E-state index contributed by atoms with van der Waals surface area (Å²) in [6.07, 6.45) is 6.97. The molecule has 6 heteroatoms. The van der Waals surface area contributed by atoms with E-state index in [1.165, 1.54) is 6.07 Å². The second-order valence-electron chi connectivity index (χ2n) is 6.96. The molecule has 1 fully saturated rings. The van der Waals surface area contributed by atoms with E-state index in [0.717, 1.165) is 62.6 Å². The van der Waals surface area contributed by atoms with Crippen LogP contribution in [0.2, 0.25) is 0 Å². The number of aliphatic hydroxyl groups is 1. The van der Waals surface area contributed by atoms with E-state index in [1.54, 1.807) is 35.9 Å². The molecule has 2 heterocycles. The van der Waals surface area contributed by atoms with Gasteiger partial charge >= 0.3 is 0 Å². The molecule has 26 heavy (non-hydrogen) atoms. The maximum Gasteiger partial charge on any atom is 0.184 e. The standard InChI is InChI=1S/C20H18FN3OS/c21-11-1-6-14-16(9-11)17-10-22-8-7-15(17)19-18(14)24-20(26-19)23-12-2-4-13(25)5-3-12/h1,6-10,12-13,25H,2-5H2,(H,23,24)/t12-,13-. The zero-order valence-electron chi connectivity index (χ0n) is 14.1. The average Bonchev–Trinajstić information content (AvgIpc) is 3.08. The van der Waals surface area contributed by atoms with E-state index < -0.39 is 0 Å². The summed E-state index contributed by atoms with van der Waals surface area (Å²) in [6.45, 7) is 0. The van der Waals surface area contributed by atoms with Gasteiger partial charge in [0.05, 0.1) is 16.3 Å². The zero-order valence-corrected chi connectivity index (χ0v) is 14.9. The highest BCUT2D eigenvalue weighted by Gasteiger charge is 2.21. The Hall–Kier alpha value is -2.31. The molecular weight excluding hydrogens is 349 g/mol. The van der Waals surface area contributed by atoms with Crippen molar-refractivity contribution in [1.29, 1.82) is 0 Å². The van der Waals surface area contributed by atoms with E-state index in [0.29, 0.717) is 6.04 Å². The fourth-order valence-corrected chi connectivity index (χ4v) is 4.99. The number of hydrogen-bond acceptors (Lipinski definition) is 5. The predicted molar refractivity (Wildman–Crippen MR) is 104 cm³/mol. The Morgan fingerprint density at radius 3 is 2.73 bits per heavy atom. The SMILES string of the molecule is O[C@H]1CC[C@H](Nc2nc3c4ccc(F)cc4c4cnccc4c3s2)CC1. The van der Waals surface area contributed by atoms with Crippen molar-refractivity contribution in [2.24, 2.45) is 0 Å². The molecule has 132 valence electrons. The summed E-state index contributed by atoms with van der Waals surface area (Å²) in [6, 6.07) is 7.17. The summed E-state index contributed by atoms with van der Waals surface area (Å²) in [4.78, 5) is 9.07. The molecule has 1 saturated carbocycles. The molecule has 0 radical (unpaired) electrons. The van der Waals surface area contributed by atoms with Crippen LogP contribution in [0.15, 0.2) is 36.7 Å². The number of hydrogen-bond donors (Lipinski definition) is 2. The van der Waals surface area contributed by atoms with Crippen molar-refractivity contribution in [2.75, 3.05) is 5.32 Å². The summed E-state index contributed by atoms with van der Waals surface area (Å²) in [5.74, 6) is -0.253. The fraction of sp³-hybridized carbons (Fsp3) is 0.300. The van der Waals surface area contributed by atoms with Crippen molar-refractivity contribution in [3.05, 3.63) is 42.5 Å². The molecule has 2 aromatic carbocycles. The van der Waals surface area contributed by atoms with Gasteiger partial charge < -0.3 is 10.4 Å². The lowest BCUT2D eigenvalue weighted by Gasteiger charge is -2.25. The van der Waals surface area contributed by atoms with Crippen LogP contribution in [0.4, 0.5) is 9.52 Å². The highest BCUT2D eigenvalue weighted by molar-refractivity contribution is 7.23. The van der Waals surface area contributed by atoms with E-state index in [1.807, 2.05) is 6.07 Å². The molecule has 0 spiro atoms. The van der Waals surface area contributed by atoms with Gasteiger partial charge in [0.25, 0.3) is 0 Å². The smallest absolute Gasteiger partial charge is 0.184 e. The Kier molecular flexibility index (Phi) is 3.76. The van der Waals surface area contributed by atoms with Crippen molar-refractivity contribution in [1.82, 2.24) is 9.97 Å². The molecule has 4 aromatic rings. The molecule has 0 bridgehead atoms. The number of rotatable bonds is 2. The molecule has 0 aliphatic heterocycles. The molecule has 0 saturated heterocycles. The van der Waals surface area contributed by atoms with Gasteiger partial charge in [0.15, 0.2) is 5.13 Å². The number of fused-ring (bicyclic) bond motifs is 6. The third-order valence-corrected chi connectivity index (χ3v) is 6.26. The Morgan fingerprint density at radius 2 is 1.88 bits per heavy atom. The van der Waals surface area contributed by atoms with Crippen molar-refractivity contribution < 1.29 is 9.50 Å². The first-order valence-corrected chi connectivity index (χ1v) is 9.71. The van der Waals surface area contributed by atoms with Crippen LogP contribution in [0, 0.1) is 5.82 Å². The van der Waals surface area contributed by atoms with Crippen LogP contribution in [-0.2, 0) is 0 Å². The molecule has 4 nitrogen and oxygen atoms in total. The Bertz CT molecular complexity index is 1120. The second-order valence-corrected chi connectivity index (χ2v) is 7.96. The van der Waals surface area contributed by atoms with Gasteiger partial charge in [-0.2, -0.15) is 0 Å². The summed E-state index contributed by atoms with van der Waals surface area (Å²) < 4.78 is 14.9. The number of aliphatic hydroxyl groups excluding tert-OH is 1. The normalized spacial score (nSPS) is 20.8. The first-order chi connectivity index (χ1) is 12.7. The molecule has 0 unspecified atom stereocenters. The van der Waals surface area contributed by atoms with Crippen LogP contribution in [0.25, 0.3) is 31.8 Å². The number of anilines is 1. The van der Waals surface area contributed by atoms with Crippen LogP contribution in [-0.4, -0.2) is 27.2 Å². The topological polar surface area (TPSA) is 58.0 Å². The highest BCUT2D eigenvalue weighted by atomic mass is 32.1. The van der Waals surface area contributed by atoms with E-state index in [2.05, 4.69) is 10.3 Å². The Morgan fingerprint density at radius 1 is 1.04 bits per heavy atom. The number of benzene rings is 2. The van der Waals surface area contributed by atoms with Gasteiger partial charge in [-0.3, -0.25) is 4.98 Å². The van der Waals surface area contributed by atoms with Gasteiger partial charge in [-0.15, -0.1) is 0 Å². The number of nitrogens with one attached hydrogen (secondary N) is 1. The molecule has 0 atom stereocenters. The van der Waals surface area contributed by atoms with E-state index in [-0.39, 0.29) is 11.9 Å². The first-order valence-electron chi connectivity index (χ1n) is 8.89. The molecule has 2 N–H and O–H groups in total. The van der Waals surface area contributed by atoms with Gasteiger partial charge in [-0.05, 0) is 55.3 Å². The summed E-state index contributed by atoms with van der Waals surface area (Å²) in [5.41, 5.74) is 0.905. The summed E-state index contributed by atoms with van der Waals surface area (Å²) in [5, 5.41) is 17.9. The molecular formula is C20H18FN3OS. The van der Waals surface area contributed by atoms with Crippen LogP contribution in [0.5, 0.6) is 0 Å². The van der Waals surface area contributed by atoms with Crippen LogP contribution >= 0.6 is 11.3 Å². The van der Waals surface area contributed by atoms with Gasteiger partial charge in [-0.25, -0.2) is 9.37 Å². The molecule has 2 aromatic heterocycles. The van der Waals surface area contributed by atoms with Crippen molar-refractivity contribution in [3.8, 4) is 0 Å². The Balaban J connectivity index is 1.67. The number of pyridine rings is 1. The average molecular weight is 367 g/mol. The van der Waals surface area contributed by atoms with Crippen molar-refractivity contribution >= 4 is 48.2 Å². The van der Waals surface area contributed by atoms with E-state index >= 15 is 0 Å². The lowest BCUT2D eigenvalue weighted by atomic mass is 9.93. The third-order valence-electron chi connectivity index (χ3n) is 5.24. The monoisotopic (exact) mass is 367 g/mol. The van der Waals surface area contributed by atoms with Crippen molar-refractivity contribution in [2.45, 2.75) is 37.8 Å². The second kappa shape index (κ2) is 6.14. The van der Waals surface area contributed by atoms with Crippen LogP contribution in [0.1, 0.15) is 25.7 Å². The molecule has 0 amide bonds. The maximum atomic E-state index is 13.8. The summed E-state index contributed by atoms with van der Waals surface area (Å²) in [7, 11) is 0. The molecule has 1 aliphatic rings. The van der Waals surface area contributed by atoms with Crippen LogP contribution in [0.3, 0.4) is 0 Å². The van der Waals surface area contributed by atoms with E-state index in [4.69, 9.17) is 4.98 Å². The third kappa shape index (κ3) is 2.61. The van der Waals surface area contributed by atoms with Gasteiger partial charge in [0.1, 0.15) is 5.82 Å². The highest BCUT2D eigenvalue weighted by Crippen LogP contribution is 2.39. The zero-order chi connectivity index (χ0) is 17.7.